The average molecular weight is 949 g/mol. The normalized spacial score (nSPS) is 19.9. The highest BCUT2D eigenvalue weighted by molar-refractivity contribution is 5.76. The number of aliphatic hydroxyl groups excluding tert-OH is 5. The van der Waals surface area contributed by atoms with Crippen molar-refractivity contribution in [1.82, 2.24) is 5.32 Å². The summed E-state index contributed by atoms with van der Waals surface area (Å²) < 4.78 is 11.3. The number of hydrogen-bond acceptors (Lipinski definition) is 8. The molecular formula is C58H109NO8. The first-order valence-electron chi connectivity index (χ1n) is 28.7. The van der Waals surface area contributed by atoms with E-state index >= 15 is 0 Å². The molecule has 0 aromatic carbocycles. The van der Waals surface area contributed by atoms with E-state index in [2.05, 4.69) is 55.6 Å². The number of ether oxygens (including phenoxy) is 2. The van der Waals surface area contributed by atoms with Crippen molar-refractivity contribution in [3.05, 3.63) is 36.5 Å². The van der Waals surface area contributed by atoms with Crippen molar-refractivity contribution in [2.24, 2.45) is 0 Å². The van der Waals surface area contributed by atoms with Crippen LogP contribution in [0.2, 0.25) is 0 Å². The Morgan fingerprint density at radius 2 is 0.925 bits per heavy atom. The van der Waals surface area contributed by atoms with Gasteiger partial charge in [-0.1, -0.05) is 256 Å². The van der Waals surface area contributed by atoms with E-state index in [1.54, 1.807) is 0 Å². The van der Waals surface area contributed by atoms with Gasteiger partial charge in [-0.2, -0.15) is 0 Å². The lowest BCUT2D eigenvalue weighted by Crippen LogP contribution is -2.60. The van der Waals surface area contributed by atoms with E-state index < -0.39 is 49.5 Å². The molecule has 1 saturated heterocycles. The van der Waals surface area contributed by atoms with Crippen molar-refractivity contribution in [3.8, 4) is 0 Å². The highest BCUT2D eigenvalue weighted by atomic mass is 16.7. The van der Waals surface area contributed by atoms with Gasteiger partial charge >= 0.3 is 0 Å². The zero-order chi connectivity index (χ0) is 48.7. The average Bonchev–Trinajstić information content (AvgIpc) is 3.33. The molecule has 1 aliphatic heterocycles. The predicted octanol–water partition coefficient (Wildman–Crippen LogP) is 14.0. The number of nitrogens with one attached hydrogen (secondary N) is 1. The van der Waals surface area contributed by atoms with Crippen molar-refractivity contribution >= 4 is 5.91 Å². The molecule has 1 rings (SSSR count). The van der Waals surface area contributed by atoms with E-state index in [4.69, 9.17) is 9.47 Å². The first-order valence-corrected chi connectivity index (χ1v) is 28.7. The van der Waals surface area contributed by atoms with Gasteiger partial charge in [0.1, 0.15) is 24.4 Å². The van der Waals surface area contributed by atoms with Gasteiger partial charge in [0, 0.05) is 6.42 Å². The van der Waals surface area contributed by atoms with E-state index in [0.717, 1.165) is 70.6 Å². The summed E-state index contributed by atoms with van der Waals surface area (Å²) in [7, 11) is 0. The number of amides is 1. The molecule has 0 spiro atoms. The molecule has 0 aromatic heterocycles. The minimum atomic E-state index is -1.56. The molecule has 394 valence electrons. The molecule has 9 nitrogen and oxygen atoms in total. The third kappa shape index (κ3) is 37.9. The number of allylic oxidation sites excluding steroid dienone is 6. The highest BCUT2D eigenvalue weighted by Gasteiger charge is 2.44. The number of carbonyl (C=O) groups excluding carboxylic acids is 1. The first-order chi connectivity index (χ1) is 32.8. The maximum Gasteiger partial charge on any atom is 0.220 e. The fourth-order valence-electron chi connectivity index (χ4n) is 9.24. The molecule has 7 unspecified atom stereocenters. The van der Waals surface area contributed by atoms with Crippen molar-refractivity contribution in [2.75, 3.05) is 13.2 Å². The molecule has 6 N–H and O–H groups in total. The molecule has 0 bridgehead atoms. The second-order valence-electron chi connectivity index (χ2n) is 20.1. The summed E-state index contributed by atoms with van der Waals surface area (Å²) in [6, 6.07) is -0.725. The number of unbranched alkanes of at least 4 members (excludes halogenated alkanes) is 33. The van der Waals surface area contributed by atoms with E-state index in [9.17, 15) is 30.3 Å². The number of hydrogen-bond donors (Lipinski definition) is 6. The van der Waals surface area contributed by atoms with Crippen molar-refractivity contribution in [3.63, 3.8) is 0 Å². The SMILES string of the molecule is CC/C=C\C/C=C\C/C=C\CCCCCCCCCC(=O)NC(COC1OC(CO)C(O)C(O)C1O)C(O)CCCCCCCCCCCCCCCCCCCCCCCCCCCCC. The van der Waals surface area contributed by atoms with Crippen LogP contribution >= 0.6 is 0 Å². The lowest BCUT2D eigenvalue weighted by atomic mass is 9.99. The smallest absolute Gasteiger partial charge is 0.220 e. The van der Waals surface area contributed by atoms with Gasteiger partial charge in [-0.3, -0.25) is 4.79 Å². The number of carbonyl (C=O) groups is 1. The monoisotopic (exact) mass is 948 g/mol. The van der Waals surface area contributed by atoms with E-state index in [-0.39, 0.29) is 12.5 Å². The maximum atomic E-state index is 13.0. The molecule has 0 aliphatic carbocycles. The fourth-order valence-corrected chi connectivity index (χ4v) is 9.24. The molecule has 0 aromatic rings. The summed E-state index contributed by atoms with van der Waals surface area (Å²) in [5.41, 5.74) is 0. The summed E-state index contributed by atoms with van der Waals surface area (Å²) in [4.78, 5) is 13.0. The van der Waals surface area contributed by atoms with Crippen molar-refractivity contribution < 1.29 is 39.8 Å². The van der Waals surface area contributed by atoms with Gasteiger partial charge in [-0.25, -0.2) is 0 Å². The van der Waals surface area contributed by atoms with Gasteiger partial charge < -0.3 is 40.3 Å². The fraction of sp³-hybridized carbons (Fsp3) is 0.879. The first kappa shape index (κ1) is 63.4. The van der Waals surface area contributed by atoms with Crippen LogP contribution in [0.15, 0.2) is 36.5 Å². The van der Waals surface area contributed by atoms with Gasteiger partial charge in [-0.15, -0.1) is 0 Å². The molecule has 9 heteroatoms. The second-order valence-corrected chi connectivity index (χ2v) is 20.1. The van der Waals surface area contributed by atoms with Crippen LogP contribution in [0.25, 0.3) is 0 Å². The summed E-state index contributed by atoms with van der Waals surface area (Å²) in [6.45, 7) is 3.75. The maximum absolute atomic E-state index is 13.0. The molecule has 1 fully saturated rings. The van der Waals surface area contributed by atoms with Crippen molar-refractivity contribution in [2.45, 2.75) is 314 Å². The highest BCUT2D eigenvalue weighted by Crippen LogP contribution is 2.23. The third-order valence-electron chi connectivity index (χ3n) is 13.8. The van der Waals surface area contributed by atoms with Crippen LogP contribution < -0.4 is 5.32 Å². The molecule has 0 saturated carbocycles. The minimum absolute atomic E-state index is 0.141. The van der Waals surface area contributed by atoms with Crippen LogP contribution in [-0.4, -0.2) is 87.5 Å². The molecule has 7 atom stereocenters. The minimum Gasteiger partial charge on any atom is -0.394 e. The Morgan fingerprint density at radius 3 is 1.37 bits per heavy atom. The van der Waals surface area contributed by atoms with Gasteiger partial charge in [0.2, 0.25) is 5.91 Å². The molecule has 0 radical (unpaired) electrons. The van der Waals surface area contributed by atoms with Crippen LogP contribution in [0.5, 0.6) is 0 Å². The van der Waals surface area contributed by atoms with Crippen molar-refractivity contribution in [1.29, 1.82) is 0 Å². The second kappa shape index (κ2) is 48.1. The summed E-state index contributed by atoms with van der Waals surface area (Å²) in [6.07, 6.45) is 54.6. The van der Waals surface area contributed by atoms with Crippen LogP contribution in [0.3, 0.4) is 0 Å². The predicted molar refractivity (Wildman–Crippen MR) is 281 cm³/mol. The Balaban J connectivity index is 2.18. The quantitative estimate of drug-likeness (QED) is 0.0261. The van der Waals surface area contributed by atoms with Crippen LogP contribution in [0.1, 0.15) is 271 Å². The third-order valence-corrected chi connectivity index (χ3v) is 13.8. The molecule has 1 heterocycles. The van der Waals surface area contributed by atoms with Crippen LogP contribution in [-0.2, 0) is 14.3 Å². The molecule has 1 aliphatic rings. The number of aliphatic hydroxyl groups is 5. The van der Waals surface area contributed by atoms with E-state index in [1.165, 1.54) is 173 Å². The lowest BCUT2D eigenvalue weighted by Gasteiger charge is -2.40. The Hall–Kier alpha value is -1.59. The Kier molecular flexibility index (Phi) is 45.5. The largest absolute Gasteiger partial charge is 0.394 e. The van der Waals surface area contributed by atoms with Gasteiger partial charge in [0.05, 0.1) is 25.4 Å². The van der Waals surface area contributed by atoms with E-state index in [1.807, 2.05) is 0 Å². The Bertz CT molecular complexity index is 1150. The van der Waals surface area contributed by atoms with Crippen LogP contribution in [0, 0.1) is 0 Å². The topological polar surface area (TPSA) is 149 Å². The number of rotatable bonds is 49. The Morgan fingerprint density at radius 1 is 0.522 bits per heavy atom. The summed E-state index contributed by atoms with van der Waals surface area (Å²) in [5.74, 6) is -0.152. The van der Waals surface area contributed by atoms with Gasteiger partial charge in [0.15, 0.2) is 6.29 Å². The standard InChI is InChI=1S/C58H109NO8/c1-3-5-7-9-11-13-15-17-19-21-22-23-24-25-26-27-28-29-30-32-33-35-37-39-41-43-45-47-52(61)51(50-66-58-57(65)56(64)55(63)53(49-60)67-58)59-54(62)48-46-44-42-40-38-36-34-31-20-18-16-14-12-10-8-6-4-2/h6,8,12,14,18,20,51-53,55-58,60-61,63-65H,3-5,7,9-11,13,15-17,19,21-50H2,1-2H3,(H,59,62)/b8-6-,14-12-,20-18-. The lowest BCUT2D eigenvalue weighted by molar-refractivity contribution is -0.302. The van der Waals surface area contributed by atoms with Crippen LogP contribution in [0.4, 0.5) is 0 Å². The summed E-state index contributed by atoms with van der Waals surface area (Å²) in [5, 5.41) is 54.7. The van der Waals surface area contributed by atoms with Gasteiger partial charge in [-0.05, 0) is 44.9 Å². The van der Waals surface area contributed by atoms with Gasteiger partial charge in [0.25, 0.3) is 0 Å². The molecular weight excluding hydrogens is 839 g/mol. The van der Waals surface area contributed by atoms with E-state index in [0.29, 0.717) is 12.8 Å². The summed E-state index contributed by atoms with van der Waals surface area (Å²) >= 11 is 0. The molecule has 1 amide bonds. The molecule has 67 heavy (non-hydrogen) atoms. The zero-order valence-electron chi connectivity index (χ0n) is 43.7. The zero-order valence-corrected chi connectivity index (χ0v) is 43.7. The Labute approximate surface area is 412 Å².